The zero-order valence-corrected chi connectivity index (χ0v) is 9.40. The van der Waals surface area contributed by atoms with E-state index in [0.29, 0.717) is 12.5 Å². The standard InChI is InChI=1S/C10H19N3O2/c1-12-5-3-8(7-12)4-6-13(2)10(15)9(11)14/h8H,3-7H2,1-2H3,(H2,11,14). The van der Waals surface area contributed by atoms with Crippen LogP contribution in [0.4, 0.5) is 0 Å². The van der Waals surface area contributed by atoms with Gasteiger partial charge in [-0.15, -0.1) is 0 Å². The molecule has 15 heavy (non-hydrogen) atoms. The van der Waals surface area contributed by atoms with Gasteiger partial charge in [0.25, 0.3) is 0 Å². The Morgan fingerprint density at radius 3 is 2.67 bits per heavy atom. The molecule has 86 valence electrons. The molecule has 1 saturated heterocycles. The molecule has 2 amide bonds. The molecule has 5 heteroatoms. The maximum atomic E-state index is 11.2. The Balaban J connectivity index is 2.25. The highest BCUT2D eigenvalue weighted by Crippen LogP contribution is 2.17. The first-order chi connectivity index (χ1) is 7.00. The molecule has 0 aliphatic carbocycles. The zero-order chi connectivity index (χ0) is 11.4. The van der Waals surface area contributed by atoms with Crippen molar-refractivity contribution in [3.63, 3.8) is 0 Å². The highest BCUT2D eigenvalue weighted by atomic mass is 16.2. The Labute approximate surface area is 90.2 Å². The number of likely N-dealkylation sites (N-methyl/N-ethyl adjacent to an activating group) is 1. The van der Waals surface area contributed by atoms with E-state index in [-0.39, 0.29) is 0 Å². The van der Waals surface area contributed by atoms with Crippen LogP contribution >= 0.6 is 0 Å². The third-order valence-corrected chi connectivity index (χ3v) is 2.92. The van der Waals surface area contributed by atoms with E-state index in [1.165, 1.54) is 11.3 Å². The lowest BCUT2D eigenvalue weighted by Gasteiger charge is -2.17. The fourth-order valence-electron chi connectivity index (χ4n) is 1.93. The monoisotopic (exact) mass is 213 g/mol. The summed E-state index contributed by atoms with van der Waals surface area (Å²) in [6.45, 7) is 2.82. The van der Waals surface area contributed by atoms with Crippen LogP contribution in [0.3, 0.4) is 0 Å². The lowest BCUT2D eigenvalue weighted by Crippen LogP contribution is -2.38. The first-order valence-corrected chi connectivity index (χ1v) is 5.24. The van der Waals surface area contributed by atoms with E-state index in [4.69, 9.17) is 5.73 Å². The first kappa shape index (κ1) is 12.0. The second kappa shape index (κ2) is 5.11. The van der Waals surface area contributed by atoms with Gasteiger partial charge in [0.1, 0.15) is 0 Å². The molecule has 0 aromatic rings. The second-order valence-electron chi connectivity index (χ2n) is 4.30. The van der Waals surface area contributed by atoms with Gasteiger partial charge in [-0.3, -0.25) is 9.59 Å². The van der Waals surface area contributed by atoms with Gasteiger partial charge >= 0.3 is 11.8 Å². The largest absolute Gasteiger partial charge is 0.361 e. The summed E-state index contributed by atoms with van der Waals surface area (Å²) in [5.41, 5.74) is 4.90. The van der Waals surface area contributed by atoms with E-state index in [2.05, 4.69) is 11.9 Å². The predicted molar refractivity (Wildman–Crippen MR) is 57.1 cm³/mol. The minimum Gasteiger partial charge on any atom is -0.361 e. The van der Waals surface area contributed by atoms with Gasteiger partial charge in [-0.25, -0.2) is 0 Å². The average Bonchev–Trinajstić information content (AvgIpc) is 2.59. The van der Waals surface area contributed by atoms with Crippen molar-refractivity contribution in [3.05, 3.63) is 0 Å². The van der Waals surface area contributed by atoms with E-state index in [1.54, 1.807) is 7.05 Å². The molecule has 1 atom stereocenters. The lowest BCUT2D eigenvalue weighted by molar-refractivity contribution is -0.143. The minimum atomic E-state index is -0.874. The topological polar surface area (TPSA) is 66.6 Å². The van der Waals surface area contributed by atoms with Crippen molar-refractivity contribution >= 4 is 11.8 Å². The van der Waals surface area contributed by atoms with Gasteiger partial charge < -0.3 is 15.5 Å². The SMILES string of the molecule is CN1CCC(CCN(C)C(=O)C(N)=O)C1. The molecule has 0 spiro atoms. The average molecular weight is 213 g/mol. The van der Waals surface area contributed by atoms with Crippen molar-refractivity contribution < 1.29 is 9.59 Å². The number of hydrogen-bond donors (Lipinski definition) is 1. The Hall–Kier alpha value is -1.10. The first-order valence-electron chi connectivity index (χ1n) is 5.24. The number of hydrogen-bond acceptors (Lipinski definition) is 3. The van der Waals surface area contributed by atoms with Gasteiger partial charge in [0, 0.05) is 20.1 Å². The van der Waals surface area contributed by atoms with Crippen LogP contribution in [0.1, 0.15) is 12.8 Å². The molecule has 2 N–H and O–H groups in total. The second-order valence-corrected chi connectivity index (χ2v) is 4.30. The Morgan fingerprint density at radius 2 is 2.20 bits per heavy atom. The number of rotatable bonds is 3. The van der Waals surface area contributed by atoms with E-state index < -0.39 is 11.8 Å². The quantitative estimate of drug-likeness (QED) is 0.629. The number of carbonyl (C=O) groups is 2. The van der Waals surface area contributed by atoms with Crippen LogP contribution in [-0.2, 0) is 9.59 Å². The fourth-order valence-corrected chi connectivity index (χ4v) is 1.93. The highest BCUT2D eigenvalue weighted by Gasteiger charge is 2.21. The van der Waals surface area contributed by atoms with Gasteiger partial charge in [-0.05, 0) is 32.4 Å². The Morgan fingerprint density at radius 1 is 1.53 bits per heavy atom. The summed E-state index contributed by atoms with van der Waals surface area (Å²) in [6, 6.07) is 0. The summed E-state index contributed by atoms with van der Waals surface area (Å²) in [5, 5.41) is 0. The molecule has 5 nitrogen and oxygen atoms in total. The number of amides is 2. The molecule has 0 saturated carbocycles. The van der Waals surface area contributed by atoms with Crippen molar-refractivity contribution in [2.45, 2.75) is 12.8 Å². The molecular weight excluding hydrogens is 194 g/mol. The lowest BCUT2D eigenvalue weighted by atomic mass is 10.1. The summed E-state index contributed by atoms with van der Waals surface area (Å²) in [5.74, 6) is -0.833. The van der Waals surface area contributed by atoms with Gasteiger partial charge in [-0.2, -0.15) is 0 Å². The van der Waals surface area contributed by atoms with Crippen LogP contribution in [0, 0.1) is 5.92 Å². The smallest absolute Gasteiger partial charge is 0.311 e. The molecule has 1 aliphatic heterocycles. The molecule has 1 rings (SSSR count). The molecular formula is C10H19N3O2. The maximum absolute atomic E-state index is 11.2. The van der Waals surface area contributed by atoms with Gasteiger partial charge in [0.05, 0.1) is 0 Å². The van der Waals surface area contributed by atoms with Crippen molar-refractivity contribution in [3.8, 4) is 0 Å². The van der Waals surface area contributed by atoms with Gasteiger partial charge in [0.2, 0.25) is 0 Å². The van der Waals surface area contributed by atoms with Crippen LogP contribution in [0.5, 0.6) is 0 Å². The maximum Gasteiger partial charge on any atom is 0.311 e. The molecule has 0 bridgehead atoms. The van der Waals surface area contributed by atoms with Crippen LogP contribution in [0.25, 0.3) is 0 Å². The summed E-state index contributed by atoms with van der Waals surface area (Å²) < 4.78 is 0. The van der Waals surface area contributed by atoms with E-state index in [0.717, 1.165) is 19.5 Å². The van der Waals surface area contributed by atoms with Crippen molar-refractivity contribution in [2.75, 3.05) is 33.7 Å². The zero-order valence-electron chi connectivity index (χ0n) is 9.40. The summed E-state index contributed by atoms with van der Waals surface area (Å²) >= 11 is 0. The van der Waals surface area contributed by atoms with Crippen molar-refractivity contribution in [1.29, 1.82) is 0 Å². The third-order valence-electron chi connectivity index (χ3n) is 2.92. The van der Waals surface area contributed by atoms with Crippen molar-refractivity contribution in [1.82, 2.24) is 9.80 Å². The number of carbonyl (C=O) groups excluding carboxylic acids is 2. The molecule has 0 radical (unpaired) electrons. The Bertz CT molecular complexity index is 255. The minimum absolute atomic E-state index is 0.596. The highest BCUT2D eigenvalue weighted by molar-refractivity contribution is 6.34. The predicted octanol–water partition coefficient (Wildman–Crippen LogP) is -0.728. The summed E-state index contributed by atoms with van der Waals surface area (Å²) in [7, 11) is 3.71. The van der Waals surface area contributed by atoms with Crippen LogP contribution < -0.4 is 5.73 Å². The Kier molecular flexibility index (Phi) is 4.08. The molecule has 1 fully saturated rings. The number of nitrogens with two attached hydrogens (primary N) is 1. The number of nitrogens with zero attached hydrogens (tertiary/aromatic N) is 2. The molecule has 1 unspecified atom stereocenters. The van der Waals surface area contributed by atoms with Crippen LogP contribution in [0.15, 0.2) is 0 Å². The number of likely N-dealkylation sites (tertiary alicyclic amines) is 1. The van der Waals surface area contributed by atoms with Crippen LogP contribution in [0.2, 0.25) is 0 Å². The summed E-state index contributed by atoms with van der Waals surface area (Å²) in [6.07, 6.45) is 2.12. The van der Waals surface area contributed by atoms with E-state index in [1.807, 2.05) is 0 Å². The van der Waals surface area contributed by atoms with Crippen LogP contribution in [-0.4, -0.2) is 55.3 Å². The van der Waals surface area contributed by atoms with Gasteiger partial charge in [0.15, 0.2) is 0 Å². The van der Waals surface area contributed by atoms with Crippen molar-refractivity contribution in [2.24, 2.45) is 11.7 Å². The normalized spacial score (nSPS) is 21.6. The van der Waals surface area contributed by atoms with E-state index in [9.17, 15) is 9.59 Å². The fraction of sp³-hybridized carbons (Fsp3) is 0.800. The number of primary amides is 1. The summed E-state index contributed by atoms with van der Waals surface area (Å²) in [4.78, 5) is 25.4. The molecule has 0 aromatic heterocycles. The van der Waals surface area contributed by atoms with E-state index >= 15 is 0 Å². The van der Waals surface area contributed by atoms with Gasteiger partial charge in [-0.1, -0.05) is 0 Å². The third kappa shape index (κ3) is 3.51. The molecule has 0 aromatic carbocycles. The molecule has 1 aliphatic rings. The molecule has 1 heterocycles.